The number of hydrogen-bond donors (Lipinski definition) is 3. The smallest absolute Gasteiger partial charge is 0.261 e. The van der Waals surface area contributed by atoms with Crippen molar-refractivity contribution in [3.63, 3.8) is 0 Å². The van der Waals surface area contributed by atoms with Gasteiger partial charge in [0, 0.05) is 21.3 Å². The predicted molar refractivity (Wildman–Crippen MR) is 138 cm³/mol. The van der Waals surface area contributed by atoms with Gasteiger partial charge in [-0.05, 0) is 95.9 Å². The predicted octanol–water partition coefficient (Wildman–Crippen LogP) is 4.20. The van der Waals surface area contributed by atoms with E-state index in [1.807, 2.05) is 42.5 Å². The Labute approximate surface area is 208 Å². The molecule has 8 heteroatoms. The summed E-state index contributed by atoms with van der Waals surface area (Å²) < 4.78 is 34.4. The zero-order valence-electron chi connectivity index (χ0n) is 18.0. The SMILES string of the molecule is O=S(=O)(Nc1ccc(C[C@@H]2CC[C@H]([C@H](O)COc3ccccc3)N2)cc1)c1ccc(I)cc1. The zero-order chi connectivity index (χ0) is 23.3. The maximum Gasteiger partial charge on any atom is 0.261 e. The Bertz CT molecular complexity index is 1140. The highest BCUT2D eigenvalue weighted by atomic mass is 127. The molecule has 0 amide bonds. The van der Waals surface area contributed by atoms with E-state index in [0.29, 0.717) is 5.69 Å². The van der Waals surface area contributed by atoms with E-state index in [1.54, 1.807) is 36.4 Å². The van der Waals surface area contributed by atoms with Crippen LogP contribution in [-0.4, -0.2) is 38.3 Å². The van der Waals surface area contributed by atoms with Gasteiger partial charge < -0.3 is 15.2 Å². The molecule has 0 aliphatic carbocycles. The topological polar surface area (TPSA) is 87.7 Å². The molecule has 0 saturated carbocycles. The van der Waals surface area contributed by atoms with Crippen LogP contribution < -0.4 is 14.8 Å². The first-order valence-corrected chi connectivity index (χ1v) is 13.4. The first kappa shape index (κ1) is 24.0. The maximum absolute atomic E-state index is 12.6. The van der Waals surface area contributed by atoms with Crippen LogP contribution in [0.5, 0.6) is 5.75 Å². The van der Waals surface area contributed by atoms with Crippen molar-refractivity contribution in [3.8, 4) is 5.75 Å². The van der Waals surface area contributed by atoms with Crippen LogP contribution in [0.2, 0.25) is 0 Å². The third-order valence-corrected chi connectivity index (χ3v) is 7.83. The quantitative estimate of drug-likeness (QED) is 0.332. The van der Waals surface area contributed by atoms with Gasteiger partial charge >= 0.3 is 0 Å². The Kier molecular flexibility index (Phi) is 7.90. The molecule has 3 aromatic rings. The Balaban J connectivity index is 1.27. The number of para-hydroxylation sites is 1. The molecule has 0 unspecified atom stereocenters. The summed E-state index contributed by atoms with van der Waals surface area (Å²) in [4.78, 5) is 0.239. The van der Waals surface area contributed by atoms with Crippen molar-refractivity contribution < 1.29 is 18.3 Å². The number of aliphatic hydroxyl groups excluding tert-OH is 1. The van der Waals surface area contributed by atoms with Gasteiger partial charge in [0.2, 0.25) is 0 Å². The van der Waals surface area contributed by atoms with Crippen LogP contribution in [0.4, 0.5) is 5.69 Å². The Morgan fingerprint density at radius 2 is 1.70 bits per heavy atom. The molecule has 1 aliphatic rings. The average Bonchev–Trinajstić information content (AvgIpc) is 3.28. The lowest BCUT2D eigenvalue weighted by molar-refractivity contribution is 0.0777. The summed E-state index contributed by atoms with van der Waals surface area (Å²) in [6, 6.07) is 23.9. The molecule has 4 rings (SSSR count). The first-order chi connectivity index (χ1) is 15.9. The standard InChI is InChI=1S/C25H27IN2O4S/c26-19-8-13-23(14-9-19)33(30,31)28-20-10-6-18(7-11-20)16-21-12-15-24(27-21)25(29)17-32-22-4-2-1-3-5-22/h1-11,13-14,21,24-25,27-29H,12,15-17H2/t21-,24+,25+/m0/s1. The molecule has 3 aromatic carbocycles. The van der Waals surface area contributed by atoms with Crippen molar-refractivity contribution in [2.45, 2.75) is 42.3 Å². The molecule has 1 heterocycles. The number of anilines is 1. The molecular weight excluding hydrogens is 551 g/mol. The van der Waals surface area contributed by atoms with Gasteiger partial charge in [0.1, 0.15) is 18.5 Å². The Morgan fingerprint density at radius 1 is 1.00 bits per heavy atom. The van der Waals surface area contributed by atoms with Gasteiger partial charge in [-0.25, -0.2) is 8.42 Å². The van der Waals surface area contributed by atoms with Gasteiger partial charge in [-0.1, -0.05) is 30.3 Å². The number of nitrogens with one attached hydrogen (secondary N) is 2. The number of sulfonamides is 1. The van der Waals surface area contributed by atoms with Crippen LogP contribution in [0.3, 0.4) is 0 Å². The number of hydrogen-bond acceptors (Lipinski definition) is 5. The number of rotatable bonds is 9. The monoisotopic (exact) mass is 578 g/mol. The Morgan fingerprint density at radius 3 is 2.39 bits per heavy atom. The highest BCUT2D eigenvalue weighted by Crippen LogP contribution is 2.22. The summed E-state index contributed by atoms with van der Waals surface area (Å²) >= 11 is 2.14. The second-order valence-corrected chi connectivity index (χ2v) is 11.1. The molecule has 0 spiro atoms. The highest BCUT2D eigenvalue weighted by molar-refractivity contribution is 14.1. The summed E-state index contributed by atoms with van der Waals surface area (Å²) in [6.07, 6.45) is 2.09. The lowest BCUT2D eigenvalue weighted by atomic mass is 10.0. The summed E-state index contributed by atoms with van der Waals surface area (Å²) in [7, 11) is -3.61. The van der Waals surface area contributed by atoms with Gasteiger partial charge in [-0.15, -0.1) is 0 Å². The third-order valence-electron chi connectivity index (χ3n) is 5.72. The molecule has 1 saturated heterocycles. The van der Waals surface area contributed by atoms with E-state index in [-0.39, 0.29) is 23.6 Å². The minimum absolute atomic E-state index is 0.00118. The summed E-state index contributed by atoms with van der Waals surface area (Å²) in [5, 5.41) is 14.0. The molecular formula is C25H27IN2O4S. The van der Waals surface area contributed by atoms with Crippen LogP contribution in [0, 0.1) is 3.57 Å². The molecule has 1 aliphatic heterocycles. The van der Waals surface area contributed by atoms with E-state index in [2.05, 4.69) is 32.6 Å². The van der Waals surface area contributed by atoms with Gasteiger partial charge in [0.05, 0.1) is 4.90 Å². The van der Waals surface area contributed by atoms with E-state index in [1.165, 1.54) is 0 Å². The van der Waals surface area contributed by atoms with E-state index in [4.69, 9.17) is 4.74 Å². The van der Waals surface area contributed by atoms with Crippen LogP contribution in [0.15, 0.2) is 83.8 Å². The van der Waals surface area contributed by atoms with Gasteiger partial charge in [0.15, 0.2) is 0 Å². The summed E-state index contributed by atoms with van der Waals surface area (Å²) in [6.45, 7) is 0.254. The fourth-order valence-electron chi connectivity index (χ4n) is 3.95. The Hall–Kier alpha value is -2.14. The zero-order valence-corrected chi connectivity index (χ0v) is 21.0. The second kappa shape index (κ2) is 10.9. The molecule has 0 aromatic heterocycles. The molecule has 0 bridgehead atoms. The first-order valence-electron chi connectivity index (χ1n) is 10.9. The van der Waals surface area contributed by atoms with Crippen LogP contribution >= 0.6 is 22.6 Å². The molecule has 6 nitrogen and oxygen atoms in total. The van der Waals surface area contributed by atoms with E-state index >= 15 is 0 Å². The number of ether oxygens (including phenoxy) is 1. The molecule has 0 radical (unpaired) electrons. The van der Waals surface area contributed by atoms with Crippen molar-refractivity contribution in [3.05, 3.63) is 88.0 Å². The largest absolute Gasteiger partial charge is 0.491 e. The number of aliphatic hydroxyl groups is 1. The molecule has 33 heavy (non-hydrogen) atoms. The molecule has 3 atom stereocenters. The van der Waals surface area contributed by atoms with E-state index in [0.717, 1.165) is 34.1 Å². The van der Waals surface area contributed by atoms with Gasteiger partial charge in [-0.2, -0.15) is 0 Å². The highest BCUT2D eigenvalue weighted by Gasteiger charge is 2.29. The number of benzene rings is 3. The molecule has 174 valence electrons. The molecule has 3 N–H and O–H groups in total. The number of halogens is 1. The van der Waals surface area contributed by atoms with Crippen molar-refractivity contribution >= 4 is 38.3 Å². The normalized spacial score (nSPS) is 19.2. The average molecular weight is 578 g/mol. The van der Waals surface area contributed by atoms with Crippen LogP contribution in [0.25, 0.3) is 0 Å². The fourth-order valence-corrected chi connectivity index (χ4v) is 5.37. The van der Waals surface area contributed by atoms with Crippen molar-refractivity contribution in [2.24, 2.45) is 0 Å². The van der Waals surface area contributed by atoms with Crippen molar-refractivity contribution in [2.75, 3.05) is 11.3 Å². The lowest BCUT2D eigenvalue weighted by Crippen LogP contribution is -2.42. The maximum atomic E-state index is 12.6. The van der Waals surface area contributed by atoms with Gasteiger partial charge in [0.25, 0.3) is 10.0 Å². The fraction of sp³-hybridized carbons (Fsp3) is 0.280. The minimum Gasteiger partial charge on any atom is -0.491 e. The van der Waals surface area contributed by atoms with E-state index in [9.17, 15) is 13.5 Å². The van der Waals surface area contributed by atoms with Crippen molar-refractivity contribution in [1.82, 2.24) is 5.32 Å². The lowest BCUT2D eigenvalue weighted by Gasteiger charge is -2.20. The van der Waals surface area contributed by atoms with Crippen LogP contribution in [0.1, 0.15) is 18.4 Å². The van der Waals surface area contributed by atoms with Gasteiger partial charge in [-0.3, -0.25) is 4.72 Å². The summed E-state index contributed by atoms with van der Waals surface area (Å²) in [5.41, 5.74) is 1.64. The molecule has 1 fully saturated rings. The third kappa shape index (κ3) is 6.69. The summed E-state index contributed by atoms with van der Waals surface area (Å²) in [5.74, 6) is 0.754. The second-order valence-electron chi connectivity index (χ2n) is 8.20. The van der Waals surface area contributed by atoms with Crippen molar-refractivity contribution in [1.29, 1.82) is 0 Å². The van der Waals surface area contributed by atoms with E-state index < -0.39 is 16.1 Å². The van der Waals surface area contributed by atoms with Crippen LogP contribution in [-0.2, 0) is 16.4 Å². The minimum atomic E-state index is -3.61.